The van der Waals surface area contributed by atoms with E-state index in [-0.39, 0.29) is 0 Å². The molecule has 0 aliphatic heterocycles. The molecule has 0 bridgehead atoms. The van der Waals surface area contributed by atoms with Crippen LogP contribution < -0.4 is 5.48 Å². The van der Waals surface area contributed by atoms with Crippen LogP contribution in [0.15, 0.2) is 30.3 Å². The number of aryl methyl sites for hydroxylation is 1. The number of nitrogens with one attached hydrogen (secondary N) is 1. The Hall–Kier alpha value is -0.900. The number of rotatable bonds is 8. The normalized spacial score (nSPS) is 12.6. The molecule has 1 N–H and O–H groups in total. The van der Waals surface area contributed by atoms with Gasteiger partial charge in [-0.1, -0.05) is 30.3 Å². The smallest absolute Gasteiger partial charge is 0.0915 e. The zero-order chi connectivity index (χ0) is 11.6. The summed E-state index contributed by atoms with van der Waals surface area (Å²) in [5, 5.41) is 0. The van der Waals surface area contributed by atoms with Crippen LogP contribution in [0.5, 0.6) is 0 Å². The molecule has 1 aromatic carbocycles. The highest BCUT2D eigenvalue weighted by atomic mass is 16.7. The molecule has 0 fully saturated rings. The molecule has 1 atom stereocenters. The molecule has 1 rings (SSSR count). The molecule has 3 nitrogen and oxygen atoms in total. The Morgan fingerprint density at radius 2 is 1.94 bits per heavy atom. The first-order valence-corrected chi connectivity index (χ1v) is 5.73. The highest BCUT2D eigenvalue weighted by Crippen LogP contribution is 2.04. The molecule has 0 spiro atoms. The number of benzene rings is 1. The topological polar surface area (TPSA) is 30.5 Å². The van der Waals surface area contributed by atoms with Crippen LogP contribution in [0.25, 0.3) is 0 Å². The van der Waals surface area contributed by atoms with Gasteiger partial charge in [-0.2, -0.15) is 5.48 Å². The van der Waals surface area contributed by atoms with Crippen LogP contribution in [0.4, 0.5) is 0 Å². The summed E-state index contributed by atoms with van der Waals surface area (Å²) in [6.07, 6.45) is 2.14. The Morgan fingerprint density at radius 1 is 1.19 bits per heavy atom. The summed E-state index contributed by atoms with van der Waals surface area (Å²) in [4.78, 5) is 5.25. The number of ether oxygens (including phenoxy) is 1. The summed E-state index contributed by atoms with van der Waals surface area (Å²) in [6.45, 7) is 3.33. The third-order valence-electron chi connectivity index (χ3n) is 2.38. The molecule has 0 aliphatic rings. The molecule has 0 heterocycles. The highest BCUT2D eigenvalue weighted by Gasteiger charge is 2.01. The Balaban J connectivity index is 2.08. The van der Waals surface area contributed by atoms with E-state index in [1.807, 2.05) is 6.07 Å². The van der Waals surface area contributed by atoms with Gasteiger partial charge in [-0.15, -0.1) is 0 Å². The van der Waals surface area contributed by atoms with E-state index in [2.05, 4.69) is 36.7 Å². The van der Waals surface area contributed by atoms with Gasteiger partial charge < -0.3 is 4.74 Å². The third kappa shape index (κ3) is 5.85. The van der Waals surface area contributed by atoms with Crippen LogP contribution in [0.3, 0.4) is 0 Å². The van der Waals surface area contributed by atoms with E-state index in [9.17, 15) is 0 Å². The van der Waals surface area contributed by atoms with Crippen molar-refractivity contribution in [2.75, 3.05) is 20.3 Å². The maximum Gasteiger partial charge on any atom is 0.0915 e. The van der Waals surface area contributed by atoms with E-state index in [0.717, 1.165) is 12.8 Å². The first kappa shape index (κ1) is 13.2. The quantitative estimate of drug-likeness (QED) is 0.541. The lowest BCUT2D eigenvalue weighted by molar-refractivity contribution is -0.00997. The first-order chi connectivity index (χ1) is 7.83. The average Bonchev–Trinajstić information content (AvgIpc) is 2.33. The van der Waals surface area contributed by atoms with Crippen molar-refractivity contribution >= 4 is 0 Å². The molecule has 0 saturated heterocycles. The van der Waals surface area contributed by atoms with Gasteiger partial charge in [0.15, 0.2) is 0 Å². The van der Waals surface area contributed by atoms with E-state index < -0.39 is 0 Å². The minimum Gasteiger partial charge on any atom is -0.382 e. The van der Waals surface area contributed by atoms with Gasteiger partial charge in [-0.25, -0.2) is 0 Å². The summed E-state index contributed by atoms with van der Waals surface area (Å²) in [5.41, 5.74) is 4.38. The van der Waals surface area contributed by atoms with E-state index in [0.29, 0.717) is 19.3 Å². The molecule has 0 aliphatic carbocycles. The zero-order valence-electron chi connectivity index (χ0n) is 10.1. The Morgan fingerprint density at radius 3 is 2.62 bits per heavy atom. The molecule has 1 unspecified atom stereocenters. The van der Waals surface area contributed by atoms with Crippen molar-refractivity contribution in [3.63, 3.8) is 0 Å². The third-order valence-corrected chi connectivity index (χ3v) is 2.38. The summed E-state index contributed by atoms with van der Waals surface area (Å²) < 4.78 is 4.89. The zero-order valence-corrected chi connectivity index (χ0v) is 10.1. The maximum atomic E-state index is 5.25. The Kier molecular flexibility index (Phi) is 6.81. The van der Waals surface area contributed by atoms with Gasteiger partial charge >= 0.3 is 0 Å². The second-order valence-electron chi connectivity index (χ2n) is 3.88. The van der Waals surface area contributed by atoms with Gasteiger partial charge in [-0.05, 0) is 25.3 Å². The molecule has 90 valence electrons. The summed E-state index contributed by atoms with van der Waals surface area (Å²) >= 11 is 0. The first-order valence-electron chi connectivity index (χ1n) is 5.73. The van der Waals surface area contributed by atoms with Gasteiger partial charge in [0.05, 0.1) is 13.2 Å². The largest absolute Gasteiger partial charge is 0.382 e. The Labute approximate surface area is 97.7 Å². The number of hydrogen-bond acceptors (Lipinski definition) is 3. The summed E-state index contributed by atoms with van der Waals surface area (Å²) in [6, 6.07) is 10.8. The van der Waals surface area contributed by atoms with Crippen molar-refractivity contribution < 1.29 is 9.57 Å². The van der Waals surface area contributed by atoms with Gasteiger partial charge in [0.1, 0.15) is 0 Å². The molecule has 1 aromatic rings. The molecule has 0 aromatic heterocycles. The summed E-state index contributed by atoms with van der Waals surface area (Å²) in [5.74, 6) is 0. The molecule has 0 amide bonds. The second kappa shape index (κ2) is 8.28. The summed E-state index contributed by atoms with van der Waals surface area (Å²) in [7, 11) is 1.67. The van der Waals surface area contributed by atoms with Gasteiger partial charge in [0.2, 0.25) is 0 Å². The number of methoxy groups -OCH3 is 1. The number of hydroxylamine groups is 1. The van der Waals surface area contributed by atoms with Gasteiger partial charge in [0.25, 0.3) is 0 Å². The van der Waals surface area contributed by atoms with Crippen LogP contribution in [0.1, 0.15) is 18.9 Å². The van der Waals surface area contributed by atoms with Crippen LogP contribution in [-0.2, 0) is 16.0 Å². The fraction of sp³-hybridized carbons (Fsp3) is 0.538. The highest BCUT2D eigenvalue weighted by molar-refractivity contribution is 5.14. The lowest BCUT2D eigenvalue weighted by Crippen LogP contribution is -2.28. The minimum absolute atomic E-state index is 0.358. The maximum absolute atomic E-state index is 5.25. The van der Waals surface area contributed by atoms with Gasteiger partial charge in [-0.3, -0.25) is 4.84 Å². The van der Waals surface area contributed by atoms with Crippen molar-refractivity contribution in [2.45, 2.75) is 25.8 Å². The molecular formula is C13H21NO2. The second-order valence-corrected chi connectivity index (χ2v) is 3.88. The molecular weight excluding hydrogens is 202 g/mol. The lowest BCUT2D eigenvalue weighted by atomic mass is 10.1. The molecule has 16 heavy (non-hydrogen) atoms. The van der Waals surface area contributed by atoms with E-state index in [4.69, 9.17) is 9.57 Å². The van der Waals surface area contributed by atoms with Crippen LogP contribution in [0, 0.1) is 0 Å². The SMILES string of the molecule is COCCONC(C)CCc1ccccc1. The van der Waals surface area contributed by atoms with Crippen molar-refractivity contribution in [1.29, 1.82) is 0 Å². The van der Waals surface area contributed by atoms with Crippen LogP contribution in [0.2, 0.25) is 0 Å². The standard InChI is InChI=1S/C13H21NO2/c1-12(14-16-11-10-15-2)8-9-13-6-4-3-5-7-13/h3-7,12,14H,8-11H2,1-2H3. The van der Waals surface area contributed by atoms with E-state index in [1.54, 1.807) is 7.11 Å². The lowest BCUT2D eigenvalue weighted by Gasteiger charge is -2.13. The van der Waals surface area contributed by atoms with E-state index in [1.165, 1.54) is 5.56 Å². The van der Waals surface area contributed by atoms with E-state index >= 15 is 0 Å². The molecule has 3 heteroatoms. The fourth-order valence-corrected chi connectivity index (χ4v) is 1.41. The monoisotopic (exact) mass is 223 g/mol. The minimum atomic E-state index is 0.358. The van der Waals surface area contributed by atoms with Crippen LogP contribution >= 0.6 is 0 Å². The number of hydrogen-bond donors (Lipinski definition) is 1. The van der Waals surface area contributed by atoms with Crippen molar-refractivity contribution in [2.24, 2.45) is 0 Å². The van der Waals surface area contributed by atoms with Gasteiger partial charge in [0, 0.05) is 13.2 Å². The average molecular weight is 223 g/mol. The van der Waals surface area contributed by atoms with Crippen molar-refractivity contribution in [3.8, 4) is 0 Å². The van der Waals surface area contributed by atoms with Crippen molar-refractivity contribution in [1.82, 2.24) is 5.48 Å². The fourth-order valence-electron chi connectivity index (χ4n) is 1.41. The predicted octanol–water partition coefficient (Wildman–Crippen LogP) is 2.18. The molecule has 0 radical (unpaired) electrons. The van der Waals surface area contributed by atoms with Crippen LogP contribution in [-0.4, -0.2) is 26.4 Å². The van der Waals surface area contributed by atoms with Crippen molar-refractivity contribution in [3.05, 3.63) is 35.9 Å². The Bertz CT molecular complexity index is 264. The predicted molar refractivity (Wildman–Crippen MR) is 65.2 cm³/mol. The molecule has 0 saturated carbocycles.